The number of nitrogens with one attached hydrogen (secondary N) is 1. The predicted octanol–water partition coefficient (Wildman–Crippen LogP) is 3.52. The molecule has 0 saturated heterocycles. The van der Waals surface area contributed by atoms with Gasteiger partial charge in [-0.3, -0.25) is 9.59 Å². The molecule has 0 spiro atoms. The molecule has 0 aliphatic heterocycles. The first-order chi connectivity index (χ1) is 14.0. The summed E-state index contributed by atoms with van der Waals surface area (Å²) in [6.07, 6.45) is 0.401. The van der Waals surface area contributed by atoms with E-state index in [1.54, 1.807) is 24.3 Å². The Bertz CT molecular complexity index is 1030. The molecule has 1 aromatic heterocycles. The number of carbonyl (C=O) groups is 1. The molecule has 0 bridgehead atoms. The second-order valence-corrected chi connectivity index (χ2v) is 6.38. The van der Waals surface area contributed by atoms with Crippen LogP contribution in [0.2, 0.25) is 0 Å². The third-order valence-electron chi connectivity index (χ3n) is 4.50. The van der Waals surface area contributed by atoms with Gasteiger partial charge in [0.1, 0.15) is 17.5 Å². The highest BCUT2D eigenvalue weighted by Crippen LogP contribution is 2.26. The molecule has 0 saturated carbocycles. The summed E-state index contributed by atoms with van der Waals surface area (Å²) >= 11 is 0. The highest BCUT2D eigenvalue weighted by atomic mass is 16.5. The average Bonchev–Trinajstić information content (AvgIpc) is 2.75. The van der Waals surface area contributed by atoms with Crippen LogP contribution in [0.1, 0.15) is 19.4 Å². The van der Waals surface area contributed by atoms with Gasteiger partial charge in [0.15, 0.2) is 0 Å². The van der Waals surface area contributed by atoms with Gasteiger partial charge >= 0.3 is 0 Å². The summed E-state index contributed by atoms with van der Waals surface area (Å²) in [6, 6.07) is 16.9. The SMILES string of the molecule is CC[C@@H](C(=O)Nc1cc(OC)cc(OC)c1)n1nc(-c2ccccc2)ccc1=O. The number of hydrogen-bond donors (Lipinski definition) is 1. The van der Waals surface area contributed by atoms with Crippen molar-refractivity contribution in [1.82, 2.24) is 9.78 Å². The third kappa shape index (κ3) is 4.63. The van der Waals surface area contributed by atoms with Gasteiger partial charge in [-0.1, -0.05) is 37.3 Å². The zero-order chi connectivity index (χ0) is 20.8. The molecule has 0 unspecified atom stereocenters. The van der Waals surface area contributed by atoms with Crippen LogP contribution in [0.5, 0.6) is 11.5 Å². The Kier molecular flexibility index (Phi) is 6.29. The molecule has 7 heteroatoms. The summed E-state index contributed by atoms with van der Waals surface area (Å²) in [6.45, 7) is 1.83. The highest BCUT2D eigenvalue weighted by molar-refractivity contribution is 5.94. The maximum absolute atomic E-state index is 13.0. The minimum Gasteiger partial charge on any atom is -0.497 e. The van der Waals surface area contributed by atoms with E-state index >= 15 is 0 Å². The Morgan fingerprint density at radius 3 is 2.28 bits per heavy atom. The summed E-state index contributed by atoms with van der Waals surface area (Å²) in [5.74, 6) is 0.755. The quantitative estimate of drug-likeness (QED) is 0.664. The number of rotatable bonds is 7. The number of hydrogen-bond acceptors (Lipinski definition) is 5. The topological polar surface area (TPSA) is 82.4 Å². The minimum atomic E-state index is -0.761. The second kappa shape index (κ2) is 9.05. The van der Waals surface area contributed by atoms with Crippen LogP contribution in [0.4, 0.5) is 5.69 Å². The van der Waals surface area contributed by atoms with E-state index in [0.29, 0.717) is 29.3 Å². The summed E-state index contributed by atoms with van der Waals surface area (Å²) < 4.78 is 11.7. The van der Waals surface area contributed by atoms with Crippen LogP contribution in [-0.2, 0) is 4.79 Å². The first-order valence-corrected chi connectivity index (χ1v) is 9.25. The van der Waals surface area contributed by atoms with Crippen molar-refractivity contribution < 1.29 is 14.3 Å². The zero-order valence-corrected chi connectivity index (χ0v) is 16.6. The first kappa shape index (κ1) is 20.1. The molecule has 0 aliphatic rings. The molecule has 1 amide bonds. The van der Waals surface area contributed by atoms with Crippen molar-refractivity contribution in [3.63, 3.8) is 0 Å². The van der Waals surface area contributed by atoms with E-state index in [-0.39, 0.29) is 11.5 Å². The standard InChI is InChI=1S/C22H23N3O4/c1-4-20(22(27)23-16-12-17(28-2)14-18(13-16)29-3)25-21(26)11-10-19(24-25)15-8-6-5-7-9-15/h5-14,20H,4H2,1-3H3,(H,23,27)/t20-/m0/s1. The van der Waals surface area contributed by atoms with Crippen molar-refractivity contribution >= 4 is 11.6 Å². The van der Waals surface area contributed by atoms with Crippen molar-refractivity contribution in [1.29, 1.82) is 0 Å². The normalized spacial score (nSPS) is 11.6. The van der Waals surface area contributed by atoms with Crippen LogP contribution in [0, 0.1) is 0 Å². The fourth-order valence-electron chi connectivity index (χ4n) is 2.99. The van der Waals surface area contributed by atoms with Crippen molar-refractivity contribution in [2.24, 2.45) is 0 Å². The first-order valence-electron chi connectivity index (χ1n) is 9.25. The fourth-order valence-corrected chi connectivity index (χ4v) is 2.99. The molecule has 0 radical (unpaired) electrons. The van der Waals surface area contributed by atoms with Gasteiger partial charge in [0.05, 0.1) is 19.9 Å². The van der Waals surface area contributed by atoms with Gasteiger partial charge in [-0.05, 0) is 12.5 Å². The monoisotopic (exact) mass is 393 g/mol. The largest absolute Gasteiger partial charge is 0.497 e. The van der Waals surface area contributed by atoms with Crippen molar-refractivity contribution in [2.75, 3.05) is 19.5 Å². The van der Waals surface area contributed by atoms with E-state index in [1.807, 2.05) is 37.3 Å². The smallest absolute Gasteiger partial charge is 0.267 e. The molecular weight excluding hydrogens is 370 g/mol. The van der Waals surface area contributed by atoms with Gasteiger partial charge < -0.3 is 14.8 Å². The Hall–Kier alpha value is -3.61. The molecule has 1 heterocycles. The van der Waals surface area contributed by atoms with Crippen molar-refractivity contribution in [3.8, 4) is 22.8 Å². The fraction of sp³-hybridized carbons (Fsp3) is 0.227. The number of amides is 1. The molecule has 150 valence electrons. The number of nitrogens with zero attached hydrogens (tertiary/aromatic N) is 2. The molecule has 29 heavy (non-hydrogen) atoms. The minimum absolute atomic E-state index is 0.338. The lowest BCUT2D eigenvalue weighted by Crippen LogP contribution is -2.34. The van der Waals surface area contributed by atoms with E-state index in [1.165, 1.54) is 25.0 Å². The molecule has 1 N–H and O–H groups in total. The summed E-state index contributed by atoms with van der Waals surface area (Å²) in [5, 5.41) is 7.27. The van der Waals surface area contributed by atoms with Gasteiger partial charge in [0.25, 0.3) is 5.56 Å². The van der Waals surface area contributed by atoms with Gasteiger partial charge in [-0.2, -0.15) is 5.10 Å². The van der Waals surface area contributed by atoms with Crippen LogP contribution in [0.15, 0.2) is 65.5 Å². The molecule has 1 atom stereocenters. The van der Waals surface area contributed by atoms with Crippen molar-refractivity contribution in [3.05, 3.63) is 71.0 Å². The lowest BCUT2D eigenvalue weighted by Gasteiger charge is -2.18. The summed E-state index contributed by atoms with van der Waals surface area (Å²) in [7, 11) is 3.07. The zero-order valence-electron chi connectivity index (χ0n) is 16.6. The van der Waals surface area contributed by atoms with Gasteiger partial charge in [-0.25, -0.2) is 4.68 Å². The molecule has 0 aliphatic carbocycles. The van der Waals surface area contributed by atoms with Crippen molar-refractivity contribution in [2.45, 2.75) is 19.4 Å². The number of anilines is 1. The van der Waals surface area contributed by atoms with Crippen LogP contribution in [-0.4, -0.2) is 29.9 Å². The van der Waals surface area contributed by atoms with Crippen LogP contribution < -0.4 is 20.3 Å². The number of aromatic nitrogens is 2. The van der Waals surface area contributed by atoms with E-state index in [4.69, 9.17) is 9.47 Å². The molecule has 3 rings (SSSR count). The van der Waals surface area contributed by atoms with Crippen LogP contribution >= 0.6 is 0 Å². The Morgan fingerprint density at radius 2 is 1.69 bits per heavy atom. The van der Waals surface area contributed by atoms with E-state index < -0.39 is 6.04 Å². The lowest BCUT2D eigenvalue weighted by molar-refractivity contribution is -0.119. The van der Waals surface area contributed by atoms with Gasteiger partial charge in [0, 0.05) is 35.5 Å². The molecule has 2 aromatic carbocycles. The maximum atomic E-state index is 13.0. The molecular formula is C22H23N3O4. The molecule has 3 aromatic rings. The second-order valence-electron chi connectivity index (χ2n) is 6.38. The van der Waals surface area contributed by atoms with Crippen LogP contribution in [0.25, 0.3) is 11.3 Å². The van der Waals surface area contributed by atoms with E-state index in [2.05, 4.69) is 10.4 Å². The Labute approximate surface area is 168 Å². The number of methoxy groups -OCH3 is 2. The lowest BCUT2D eigenvalue weighted by atomic mass is 10.1. The Balaban J connectivity index is 1.91. The average molecular weight is 393 g/mol. The van der Waals surface area contributed by atoms with Gasteiger partial charge in [-0.15, -0.1) is 0 Å². The van der Waals surface area contributed by atoms with Gasteiger partial charge in [0.2, 0.25) is 5.91 Å². The number of carbonyl (C=O) groups excluding carboxylic acids is 1. The van der Waals surface area contributed by atoms with E-state index in [0.717, 1.165) is 5.56 Å². The third-order valence-corrected chi connectivity index (χ3v) is 4.50. The summed E-state index contributed by atoms with van der Waals surface area (Å²) in [5.41, 5.74) is 1.67. The summed E-state index contributed by atoms with van der Waals surface area (Å²) in [4.78, 5) is 25.4. The maximum Gasteiger partial charge on any atom is 0.267 e. The van der Waals surface area contributed by atoms with E-state index in [9.17, 15) is 9.59 Å². The molecule has 0 fully saturated rings. The Morgan fingerprint density at radius 1 is 1.03 bits per heavy atom. The number of benzene rings is 2. The van der Waals surface area contributed by atoms with Crippen LogP contribution in [0.3, 0.4) is 0 Å². The predicted molar refractivity (Wildman–Crippen MR) is 111 cm³/mol. The molecule has 7 nitrogen and oxygen atoms in total. The highest BCUT2D eigenvalue weighted by Gasteiger charge is 2.22. The number of ether oxygens (including phenoxy) is 2.